The number of ether oxygens (including phenoxy) is 2. The van der Waals surface area contributed by atoms with Crippen molar-refractivity contribution in [1.82, 2.24) is 20.6 Å². The molecule has 6 aliphatic rings. The van der Waals surface area contributed by atoms with E-state index in [0.29, 0.717) is 50.3 Å². The maximum atomic E-state index is 13.3. The number of pyridine rings is 2. The van der Waals surface area contributed by atoms with Gasteiger partial charge < -0.3 is 29.9 Å². The predicted octanol–water partition coefficient (Wildman–Crippen LogP) is 4.73. The summed E-state index contributed by atoms with van der Waals surface area (Å²) in [7, 11) is 0. The Morgan fingerprint density at radius 2 is 1.08 bits per heavy atom. The average Bonchev–Trinajstić information content (AvgIpc) is 3.74. The Labute approximate surface area is 281 Å². The first-order valence-corrected chi connectivity index (χ1v) is 17.5. The highest BCUT2D eigenvalue weighted by molar-refractivity contribution is 5.98. The van der Waals surface area contributed by atoms with E-state index in [1.54, 1.807) is 0 Å². The first kappa shape index (κ1) is 33.1. The zero-order chi connectivity index (χ0) is 33.8. The van der Waals surface area contributed by atoms with E-state index >= 15 is 0 Å². The zero-order valence-electron chi connectivity index (χ0n) is 28.5. The van der Waals surface area contributed by atoms with Crippen molar-refractivity contribution in [3.63, 3.8) is 0 Å². The van der Waals surface area contributed by atoms with E-state index < -0.39 is 12.3 Å². The van der Waals surface area contributed by atoms with Crippen molar-refractivity contribution in [2.75, 3.05) is 49.2 Å². The molecular weight excluding hydrogens is 618 g/mol. The van der Waals surface area contributed by atoms with E-state index in [-0.39, 0.29) is 34.9 Å². The molecule has 0 aromatic carbocycles. The van der Waals surface area contributed by atoms with Crippen molar-refractivity contribution < 1.29 is 27.8 Å². The smallest absolute Gasteiger partial charge is 0.253 e. The van der Waals surface area contributed by atoms with Gasteiger partial charge in [-0.15, -0.1) is 0 Å². The fourth-order valence-corrected chi connectivity index (χ4v) is 7.19. The van der Waals surface area contributed by atoms with E-state index in [9.17, 15) is 18.4 Å². The Bertz CT molecular complexity index is 1460. The van der Waals surface area contributed by atoms with Crippen LogP contribution in [0.15, 0.2) is 12.1 Å². The number of aromatic nitrogens is 2. The van der Waals surface area contributed by atoms with E-state index in [4.69, 9.17) is 19.4 Å². The molecule has 2 aromatic rings. The van der Waals surface area contributed by atoms with Crippen molar-refractivity contribution in [2.24, 2.45) is 10.8 Å². The van der Waals surface area contributed by atoms with Gasteiger partial charge in [0.1, 0.15) is 24.0 Å². The van der Waals surface area contributed by atoms with Crippen LogP contribution in [-0.4, -0.2) is 85.7 Å². The highest BCUT2D eigenvalue weighted by Crippen LogP contribution is 2.49. The van der Waals surface area contributed by atoms with Crippen molar-refractivity contribution in [1.29, 1.82) is 0 Å². The zero-order valence-corrected chi connectivity index (χ0v) is 28.5. The lowest BCUT2D eigenvalue weighted by molar-refractivity contribution is 0.00754. The summed E-state index contributed by atoms with van der Waals surface area (Å²) in [5.74, 6) is 1.89. The minimum absolute atomic E-state index is 0.0287. The van der Waals surface area contributed by atoms with E-state index in [2.05, 4.69) is 20.4 Å². The largest absolute Gasteiger partial charge is 0.377 e. The second kappa shape index (κ2) is 12.8. The summed E-state index contributed by atoms with van der Waals surface area (Å²) in [5, 5.41) is 5.64. The lowest BCUT2D eigenvalue weighted by atomic mass is 10.1. The lowest BCUT2D eigenvalue weighted by Gasteiger charge is -2.34. The van der Waals surface area contributed by atoms with Crippen LogP contribution in [0.25, 0.3) is 0 Å². The number of hydrogen-bond donors (Lipinski definition) is 2. The molecule has 0 spiro atoms. The van der Waals surface area contributed by atoms with Gasteiger partial charge in [-0.25, -0.2) is 18.7 Å². The molecule has 2 saturated carbocycles. The number of nitrogens with one attached hydrogen (secondary N) is 2. The number of anilines is 2. The molecule has 10 nitrogen and oxygen atoms in total. The third-order valence-electron chi connectivity index (χ3n) is 11.1. The van der Waals surface area contributed by atoms with Gasteiger partial charge in [0.05, 0.1) is 61.0 Å². The first-order chi connectivity index (χ1) is 22.9. The van der Waals surface area contributed by atoms with Gasteiger partial charge in [0, 0.05) is 37.0 Å². The van der Waals surface area contributed by atoms with Crippen molar-refractivity contribution in [3.8, 4) is 0 Å². The van der Waals surface area contributed by atoms with Gasteiger partial charge in [0.2, 0.25) is 0 Å². The number of aryl methyl sites for hydroxylation is 2. The molecule has 2 aliphatic carbocycles. The Morgan fingerprint density at radius 1 is 0.729 bits per heavy atom. The third-order valence-corrected chi connectivity index (χ3v) is 11.1. The minimum Gasteiger partial charge on any atom is -0.377 e. The number of nitrogens with zero attached hydrogens (tertiary/aromatic N) is 4. The standard InChI is InChI=1S/2C18H24FN3O2/c2*1-11-7-13-14(9-20-17(13)23)21-16(11)22-5-3-12(4-6-22)24-10-18(2)8-15(18)19/h2*7,12,15H,3-6,8-10H2,1-2H3,(H,20,23)/t2*15-,18+/m10/s1. The molecule has 48 heavy (non-hydrogen) atoms. The first-order valence-electron chi connectivity index (χ1n) is 17.5. The topological polar surface area (TPSA) is 109 Å². The van der Waals surface area contributed by atoms with Gasteiger partial charge in [0.15, 0.2) is 0 Å². The van der Waals surface area contributed by atoms with Crippen molar-refractivity contribution >= 4 is 23.5 Å². The predicted molar refractivity (Wildman–Crippen MR) is 178 cm³/mol. The highest BCUT2D eigenvalue weighted by Gasteiger charge is 2.52. The fraction of sp³-hybridized carbons (Fsp3) is 0.667. The second-order valence-corrected chi connectivity index (χ2v) is 15.3. The van der Waals surface area contributed by atoms with E-state index in [1.807, 2.05) is 39.8 Å². The Balaban J connectivity index is 0.000000152. The third kappa shape index (κ3) is 6.75. The molecule has 12 heteroatoms. The molecule has 2 saturated heterocycles. The fourth-order valence-electron chi connectivity index (χ4n) is 7.19. The van der Waals surface area contributed by atoms with Crippen LogP contribution < -0.4 is 20.4 Å². The van der Waals surface area contributed by atoms with Crippen molar-refractivity contribution in [3.05, 3.63) is 45.8 Å². The molecule has 0 radical (unpaired) electrons. The number of halogens is 2. The van der Waals surface area contributed by atoms with Crippen LogP contribution in [0.4, 0.5) is 20.4 Å². The van der Waals surface area contributed by atoms with Gasteiger partial charge >= 0.3 is 0 Å². The summed E-state index contributed by atoms with van der Waals surface area (Å²) >= 11 is 0. The highest BCUT2D eigenvalue weighted by atomic mass is 19.1. The molecule has 260 valence electrons. The van der Waals surface area contributed by atoms with Gasteiger partial charge in [-0.3, -0.25) is 9.59 Å². The van der Waals surface area contributed by atoms with E-state index in [0.717, 1.165) is 86.0 Å². The summed E-state index contributed by atoms with van der Waals surface area (Å²) in [6, 6.07) is 3.88. The molecule has 2 N–H and O–H groups in total. The molecule has 6 heterocycles. The number of hydrogen-bond acceptors (Lipinski definition) is 8. The quantitative estimate of drug-likeness (QED) is 0.417. The van der Waals surface area contributed by atoms with Gasteiger partial charge in [-0.05, 0) is 75.6 Å². The normalized spacial score (nSPS) is 29.5. The van der Waals surface area contributed by atoms with Crippen LogP contribution >= 0.6 is 0 Å². The Morgan fingerprint density at radius 3 is 1.42 bits per heavy atom. The van der Waals surface area contributed by atoms with Crippen LogP contribution in [0.1, 0.15) is 95.6 Å². The van der Waals surface area contributed by atoms with Gasteiger partial charge in [-0.1, -0.05) is 13.8 Å². The van der Waals surface area contributed by atoms with Crippen LogP contribution in [0.5, 0.6) is 0 Å². The number of carbonyl (C=O) groups excluding carboxylic acids is 2. The molecule has 0 unspecified atom stereocenters. The van der Waals surface area contributed by atoms with Crippen LogP contribution in [-0.2, 0) is 22.6 Å². The summed E-state index contributed by atoms with van der Waals surface area (Å²) in [6.07, 6.45) is 4.05. The molecule has 2 amide bonds. The van der Waals surface area contributed by atoms with Crippen molar-refractivity contribution in [2.45, 2.75) is 104 Å². The summed E-state index contributed by atoms with van der Waals surface area (Å²) < 4.78 is 38.4. The molecule has 0 bridgehead atoms. The molecule has 4 aliphatic heterocycles. The molecular formula is C36H48F2N6O4. The molecule has 2 aromatic heterocycles. The maximum Gasteiger partial charge on any atom is 0.253 e. The number of alkyl halides is 2. The summed E-state index contributed by atoms with van der Waals surface area (Å²) in [6.45, 7) is 13.6. The average molecular weight is 667 g/mol. The van der Waals surface area contributed by atoms with Crippen LogP contribution in [0.3, 0.4) is 0 Å². The number of amides is 2. The Kier molecular flexibility index (Phi) is 8.85. The summed E-state index contributed by atoms with van der Waals surface area (Å²) in [4.78, 5) is 37.4. The number of fused-ring (bicyclic) bond motifs is 2. The van der Waals surface area contributed by atoms with Crippen LogP contribution in [0, 0.1) is 24.7 Å². The SMILES string of the molecule is Cc1cc2c(nc1N1CCC(OC[C@@]3(C)C[C@@H]3F)CC1)CNC2=O.Cc1cc2c(nc1N1CCC(OC[C@]3(C)C[C@H]3F)CC1)CNC2=O. The molecule has 8 rings (SSSR count). The van der Waals surface area contributed by atoms with Gasteiger partial charge in [0.25, 0.3) is 11.8 Å². The maximum absolute atomic E-state index is 13.3. The monoisotopic (exact) mass is 666 g/mol. The molecule has 4 fully saturated rings. The Hall–Kier alpha value is -3.38. The second-order valence-electron chi connectivity index (χ2n) is 15.3. The lowest BCUT2D eigenvalue weighted by Crippen LogP contribution is -2.38. The van der Waals surface area contributed by atoms with Crippen LogP contribution in [0.2, 0.25) is 0 Å². The van der Waals surface area contributed by atoms with Gasteiger partial charge in [-0.2, -0.15) is 0 Å². The summed E-state index contributed by atoms with van der Waals surface area (Å²) in [5.41, 5.74) is 4.68. The minimum atomic E-state index is -0.688. The van der Waals surface area contributed by atoms with E-state index in [1.165, 1.54) is 0 Å². The molecule has 4 atom stereocenters. The number of piperidine rings is 2. The number of rotatable bonds is 8. The number of carbonyl (C=O) groups is 2.